The van der Waals surface area contributed by atoms with Crippen molar-refractivity contribution in [2.45, 2.75) is 60.7 Å². The predicted octanol–water partition coefficient (Wildman–Crippen LogP) is 12.8. The zero-order valence-corrected chi connectivity index (χ0v) is 36.2. The van der Waals surface area contributed by atoms with Gasteiger partial charge >= 0.3 is 0 Å². The molecule has 11 aromatic rings. The number of Topliss-reactive ketones (excluding diaryl/α,β-unsaturated/α-hetero) is 2. The lowest BCUT2D eigenvalue weighted by atomic mass is 9.36. The Kier molecular flexibility index (Phi) is 5.56. The van der Waals surface area contributed by atoms with Gasteiger partial charge in [-0.05, 0) is 109 Å². The van der Waals surface area contributed by atoms with Crippen LogP contribution in [0.15, 0.2) is 155 Å². The Balaban J connectivity index is 1.02. The zero-order valence-electron chi connectivity index (χ0n) is 36.2. The number of ketones is 2. The minimum atomic E-state index is -0.415. The molecule has 6 unspecified atom stereocenters. The quantitative estimate of drug-likeness (QED) is 0.143. The van der Waals surface area contributed by atoms with Gasteiger partial charge in [0.1, 0.15) is 11.2 Å². The molecule has 17 rings (SSSR count). The van der Waals surface area contributed by atoms with Crippen molar-refractivity contribution < 1.29 is 14.0 Å². The standard InChI is InChI=1S/C61H37NO4/c1-59(2,3)28-20-21-33-48(22-28)66-58-41(55(33)63)25-37-34-23-35-38(56(64)52-31-14-6-10-18-44(31)60(52)42-16-8-4-12-29(42)50(35)60)26-46(34)62-47-27-39-36(24-40(47)49(58)54(37)62)51-30-13-5-9-17-43(30)61(51)45-19-11-7-15-32(45)53(61)57(39)65/h4-27,50-53H,1-3H3. The van der Waals surface area contributed by atoms with E-state index in [1.165, 1.54) is 33.4 Å². The van der Waals surface area contributed by atoms with Crippen molar-refractivity contribution in [3.8, 4) is 0 Å². The van der Waals surface area contributed by atoms with Crippen LogP contribution in [0.2, 0.25) is 0 Å². The Morgan fingerprint density at radius 1 is 0.470 bits per heavy atom. The van der Waals surface area contributed by atoms with Gasteiger partial charge in [-0.3, -0.25) is 14.4 Å². The summed E-state index contributed by atoms with van der Waals surface area (Å²) < 4.78 is 9.37. The van der Waals surface area contributed by atoms with Crippen LogP contribution in [0.5, 0.6) is 0 Å². The third kappa shape index (κ3) is 3.34. The minimum absolute atomic E-state index is 0.00317. The van der Waals surface area contributed by atoms with Crippen LogP contribution in [-0.4, -0.2) is 16.0 Å². The van der Waals surface area contributed by atoms with Gasteiger partial charge in [0.25, 0.3) is 0 Å². The second kappa shape index (κ2) is 10.6. The molecule has 3 aromatic heterocycles. The number of hydrogen-bond donors (Lipinski definition) is 0. The van der Waals surface area contributed by atoms with Crippen molar-refractivity contribution in [1.29, 1.82) is 0 Å². The van der Waals surface area contributed by atoms with Gasteiger partial charge in [-0.1, -0.05) is 124 Å². The summed E-state index contributed by atoms with van der Waals surface area (Å²) in [7, 11) is 0. The highest BCUT2D eigenvalue weighted by Gasteiger charge is 2.70. The summed E-state index contributed by atoms with van der Waals surface area (Å²) in [6.07, 6.45) is 0. The van der Waals surface area contributed by atoms with E-state index in [2.05, 4.69) is 146 Å². The van der Waals surface area contributed by atoms with Crippen LogP contribution in [0.1, 0.15) is 126 Å². The van der Waals surface area contributed by atoms with E-state index in [9.17, 15) is 0 Å². The molecule has 8 aromatic carbocycles. The molecule has 6 aliphatic carbocycles. The van der Waals surface area contributed by atoms with E-state index in [0.717, 1.165) is 77.0 Å². The van der Waals surface area contributed by atoms with Crippen LogP contribution < -0.4 is 5.43 Å². The van der Waals surface area contributed by atoms with Crippen molar-refractivity contribution in [3.63, 3.8) is 0 Å². The fraction of sp³-hybridized carbons (Fsp3) is 0.164. The van der Waals surface area contributed by atoms with Crippen LogP contribution in [-0.2, 0) is 16.2 Å². The van der Waals surface area contributed by atoms with Crippen molar-refractivity contribution >= 4 is 71.6 Å². The molecule has 2 spiro atoms. The maximum Gasteiger partial charge on any atom is 0.200 e. The fourth-order valence-corrected chi connectivity index (χ4v) is 15.3. The molecule has 310 valence electrons. The molecule has 0 N–H and O–H groups in total. The van der Waals surface area contributed by atoms with Crippen LogP contribution in [0.3, 0.4) is 0 Å². The van der Waals surface area contributed by atoms with Crippen molar-refractivity contribution in [2.75, 3.05) is 0 Å². The van der Waals surface area contributed by atoms with Crippen molar-refractivity contribution in [3.05, 3.63) is 228 Å². The fourth-order valence-electron chi connectivity index (χ4n) is 15.3. The highest BCUT2D eigenvalue weighted by molar-refractivity contribution is 6.32. The number of carbonyl (C=O) groups is 2. The molecule has 0 saturated carbocycles. The van der Waals surface area contributed by atoms with Gasteiger partial charge in [0.05, 0.1) is 44.5 Å². The number of benzene rings is 8. The first kappa shape index (κ1) is 34.7. The SMILES string of the molecule is CC(C)(C)c1ccc2c(=O)c3cc4c5cc6c(cc5n5c7cc8c(cc7c(c3oc2c1)c45)C1c2ccccc2C12c1ccccc1C2C8=O)C(=O)C1c2ccccc2C12c1ccccc1C62. The van der Waals surface area contributed by atoms with E-state index < -0.39 is 10.8 Å². The maximum absolute atomic E-state index is 15.3. The Bertz CT molecular complexity index is 4330. The van der Waals surface area contributed by atoms with E-state index in [1.54, 1.807) is 0 Å². The second-order valence-electron chi connectivity index (χ2n) is 21.2. The van der Waals surface area contributed by atoms with Gasteiger partial charge in [-0.2, -0.15) is 0 Å². The molecular formula is C61H37NO4. The number of hydrogen-bond acceptors (Lipinski definition) is 4. The van der Waals surface area contributed by atoms with Gasteiger partial charge < -0.3 is 8.82 Å². The molecule has 6 aliphatic rings. The van der Waals surface area contributed by atoms with Crippen molar-refractivity contribution in [1.82, 2.24) is 4.40 Å². The lowest BCUT2D eigenvalue weighted by Gasteiger charge is -2.64. The van der Waals surface area contributed by atoms with Gasteiger partial charge in [-0.25, -0.2) is 0 Å². The van der Waals surface area contributed by atoms with Crippen molar-refractivity contribution in [2.24, 2.45) is 0 Å². The number of carbonyl (C=O) groups excluding carboxylic acids is 2. The summed E-state index contributed by atoms with van der Waals surface area (Å²) in [5.41, 5.74) is 17.2. The molecule has 66 heavy (non-hydrogen) atoms. The average molecular weight is 848 g/mol. The Morgan fingerprint density at radius 2 is 0.955 bits per heavy atom. The largest absolute Gasteiger partial charge is 0.455 e. The molecule has 5 heteroatoms. The van der Waals surface area contributed by atoms with Crippen LogP contribution in [0, 0.1) is 0 Å². The maximum atomic E-state index is 15.3. The Hall–Kier alpha value is -7.63. The summed E-state index contributed by atoms with van der Waals surface area (Å²) in [6, 6.07) is 51.2. The summed E-state index contributed by atoms with van der Waals surface area (Å²) in [4.78, 5) is 45.7. The molecule has 0 saturated heterocycles. The molecule has 0 radical (unpaired) electrons. The minimum Gasteiger partial charge on any atom is -0.455 e. The lowest BCUT2D eigenvalue weighted by molar-refractivity contribution is 0.0839. The first-order chi connectivity index (χ1) is 32.1. The lowest BCUT2D eigenvalue weighted by Crippen LogP contribution is -2.61. The normalized spacial score (nSPS) is 24.5. The highest BCUT2D eigenvalue weighted by atomic mass is 16.3. The number of nitrogens with zero attached hydrogens (tertiary/aromatic N) is 1. The summed E-state index contributed by atoms with van der Waals surface area (Å²) in [6.45, 7) is 6.51. The highest BCUT2D eigenvalue weighted by Crippen LogP contribution is 2.75. The number of aromatic nitrogens is 1. The number of fused-ring (bicyclic) bond motifs is 21. The van der Waals surface area contributed by atoms with Gasteiger partial charge in [0, 0.05) is 50.0 Å². The van der Waals surface area contributed by atoms with E-state index in [-0.39, 0.29) is 46.1 Å². The molecular weight excluding hydrogens is 811 g/mol. The summed E-state index contributed by atoms with van der Waals surface area (Å²) in [5.74, 6) is -0.219. The smallest absolute Gasteiger partial charge is 0.200 e. The van der Waals surface area contributed by atoms with E-state index in [1.807, 2.05) is 24.3 Å². The Labute approximate surface area is 377 Å². The molecule has 5 nitrogen and oxygen atoms in total. The second-order valence-corrected chi connectivity index (χ2v) is 21.2. The average Bonchev–Trinajstić information content (AvgIpc) is 3.80. The van der Waals surface area contributed by atoms with E-state index >= 15 is 14.4 Å². The predicted molar refractivity (Wildman–Crippen MR) is 259 cm³/mol. The van der Waals surface area contributed by atoms with Crippen LogP contribution in [0.4, 0.5) is 0 Å². The monoisotopic (exact) mass is 847 g/mol. The van der Waals surface area contributed by atoms with Gasteiger partial charge in [0.2, 0.25) is 5.43 Å². The first-order valence-electron chi connectivity index (χ1n) is 23.3. The van der Waals surface area contributed by atoms with E-state index in [4.69, 9.17) is 4.42 Å². The zero-order chi connectivity index (χ0) is 43.7. The third-order valence-corrected chi connectivity index (χ3v) is 17.8. The first-order valence-corrected chi connectivity index (χ1v) is 23.3. The van der Waals surface area contributed by atoms with Gasteiger partial charge in [-0.15, -0.1) is 0 Å². The topological polar surface area (TPSA) is 68.8 Å². The molecule has 0 aliphatic heterocycles. The molecule has 0 bridgehead atoms. The molecule has 0 amide bonds. The summed E-state index contributed by atoms with van der Waals surface area (Å²) in [5, 5.41) is 4.81. The summed E-state index contributed by atoms with van der Waals surface area (Å²) >= 11 is 0. The Morgan fingerprint density at radius 3 is 1.48 bits per heavy atom. The third-order valence-electron chi connectivity index (χ3n) is 17.8. The van der Waals surface area contributed by atoms with Crippen LogP contribution >= 0.6 is 0 Å². The van der Waals surface area contributed by atoms with Gasteiger partial charge in [0.15, 0.2) is 11.6 Å². The molecule has 6 atom stereocenters. The number of rotatable bonds is 0. The van der Waals surface area contributed by atoms with Crippen LogP contribution in [0.25, 0.3) is 60.0 Å². The molecule has 0 fully saturated rings. The van der Waals surface area contributed by atoms with E-state index in [0.29, 0.717) is 21.9 Å². The molecule has 3 heterocycles.